The van der Waals surface area contributed by atoms with E-state index in [1.54, 1.807) is 0 Å². The summed E-state index contributed by atoms with van der Waals surface area (Å²) in [5.74, 6) is 0.631. The summed E-state index contributed by atoms with van der Waals surface area (Å²) in [4.78, 5) is 0. The van der Waals surface area contributed by atoms with Crippen molar-refractivity contribution >= 4 is 0 Å². The van der Waals surface area contributed by atoms with Crippen LogP contribution in [0.2, 0.25) is 0 Å². The van der Waals surface area contributed by atoms with E-state index in [4.69, 9.17) is 9.47 Å². The summed E-state index contributed by atoms with van der Waals surface area (Å²) in [7, 11) is 0. The van der Waals surface area contributed by atoms with Gasteiger partial charge in [-0.3, -0.25) is 0 Å². The molecular weight excluding hydrogens is 270 g/mol. The summed E-state index contributed by atoms with van der Waals surface area (Å²) in [6.45, 7) is 4.56. The normalized spacial score (nSPS) is 35.0. The Morgan fingerprint density at radius 1 is 1.38 bits per heavy atom. The van der Waals surface area contributed by atoms with Gasteiger partial charge in [0.25, 0.3) is 0 Å². The van der Waals surface area contributed by atoms with Crippen molar-refractivity contribution in [1.82, 2.24) is 5.32 Å². The molecule has 5 heteroatoms. The van der Waals surface area contributed by atoms with Gasteiger partial charge in [0.1, 0.15) is 0 Å². The largest absolute Gasteiger partial charge is 0.394 e. The zero-order valence-electron chi connectivity index (χ0n) is 13.2. The van der Waals surface area contributed by atoms with Crippen LogP contribution in [0.5, 0.6) is 0 Å². The van der Waals surface area contributed by atoms with E-state index in [9.17, 15) is 10.2 Å². The molecule has 4 atom stereocenters. The lowest BCUT2D eigenvalue weighted by Gasteiger charge is -2.40. The molecule has 21 heavy (non-hydrogen) atoms. The van der Waals surface area contributed by atoms with E-state index in [-0.39, 0.29) is 18.2 Å². The number of rotatable bonds is 8. The van der Waals surface area contributed by atoms with Crippen molar-refractivity contribution in [3.8, 4) is 0 Å². The minimum absolute atomic E-state index is 0.140. The number of hydrogen-bond donors (Lipinski definition) is 3. The molecule has 1 saturated carbocycles. The maximum absolute atomic E-state index is 10.0. The molecule has 0 radical (unpaired) electrons. The second-order valence-electron chi connectivity index (χ2n) is 6.85. The number of hydrogen-bond acceptors (Lipinski definition) is 5. The number of nitrogens with one attached hydrogen (secondary N) is 1. The zero-order chi connectivity index (χ0) is 15.1. The van der Waals surface area contributed by atoms with E-state index in [2.05, 4.69) is 12.2 Å². The summed E-state index contributed by atoms with van der Waals surface area (Å²) in [5.41, 5.74) is -0.215. The minimum Gasteiger partial charge on any atom is -0.394 e. The zero-order valence-corrected chi connectivity index (χ0v) is 13.2. The molecule has 3 N–H and O–H groups in total. The van der Waals surface area contributed by atoms with Crippen LogP contribution in [-0.2, 0) is 9.47 Å². The van der Waals surface area contributed by atoms with Crippen molar-refractivity contribution < 1.29 is 19.7 Å². The lowest BCUT2D eigenvalue weighted by molar-refractivity contribution is -0.0205. The number of aliphatic hydroxyl groups excluding tert-OH is 2. The summed E-state index contributed by atoms with van der Waals surface area (Å²) in [6, 6.07) is 0. The van der Waals surface area contributed by atoms with E-state index in [1.165, 1.54) is 6.42 Å². The first kappa shape index (κ1) is 17.2. The van der Waals surface area contributed by atoms with Gasteiger partial charge in [-0.15, -0.1) is 0 Å². The first-order valence-electron chi connectivity index (χ1n) is 8.37. The van der Waals surface area contributed by atoms with Gasteiger partial charge in [-0.1, -0.05) is 19.8 Å². The number of aliphatic hydroxyl groups is 2. The molecule has 0 bridgehead atoms. The second kappa shape index (κ2) is 8.44. The van der Waals surface area contributed by atoms with Crippen molar-refractivity contribution in [1.29, 1.82) is 0 Å². The molecular formula is C16H31NO4. The van der Waals surface area contributed by atoms with E-state index < -0.39 is 6.10 Å². The molecule has 1 saturated heterocycles. The number of β-amino-alcohol motifs (C(OH)–C–C–N with tert-alkyl or cyclic N) is 1. The average molecular weight is 301 g/mol. The molecule has 0 aromatic rings. The van der Waals surface area contributed by atoms with Gasteiger partial charge in [-0.2, -0.15) is 0 Å². The monoisotopic (exact) mass is 301 g/mol. The summed E-state index contributed by atoms with van der Waals surface area (Å²) >= 11 is 0. The fourth-order valence-electron chi connectivity index (χ4n) is 3.52. The van der Waals surface area contributed by atoms with Gasteiger partial charge in [0.15, 0.2) is 0 Å². The van der Waals surface area contributed by atoms with E-state index in [0.717, 1.165) is 38.7 Å². The maximum atomic E-state index is 10.0. The molecule has 124 valence electrons. The Hall–Kier alpha value is -0.200. The van der Waals surface area contributed by atoms with Crippen LogP contribution >= 0.6 is 0 Å². The average Bonchev–Trinajstić information content (AvgIpc) is 2.98. The molecule has 2 rings (SSSR count). The van der Waals surface area contributed by atoms with Crippen LogP contribution in [0.4, 0.5) is 0 Å². The standard InChI is InChI=1S/C16H31NO4/c1-13-4-2-6-16(8-13,12-18)17-9-14(19)10-20-11-15-5-3-7-21-15/h13-15,17-19H,2-12H2,1H3. The van der Waals surface area contributed by atoms with Gasteiger partial charge in [-0.05, 0) is 31.6 Å². The van der Waals surface area contributed by atoms with E-state index in [1.807, 2.05) is 0 Å². The minimum atomic E-state index is -0.535. The Kier molecular flexibility index (Phi) is 6.89. The number of ether oxygens (including phenoxy) is 2. The highest BCUT2D eigenvalue weighted by Crippen LogP contribution is 2.31. The molecule has 5 nitrogen and oxygen atoms in total. The van der Waals surface area contributed by atoms with Gasteiger partial charge in [0.2, 0.25) is 0 Å². The molecule has 2 fully saturated rings. The third-order valence-electron chi connectivity index (χ3n) is 4.74. The van der Waals surface area contributed by atoms with Crippen LogP contribution in [0.3, 0.4) is 0 Å². The summed E-state index contributed by atoms with van der Waals surface area (Å²) < 4.78 is 11.0. The molecule has 0 aromatic carbocycles. The molecule has 0 amide bonds. The topological polar surface area (TPSA) is 71.0 Å². The summed E-state index contributed by atoms with van der Waals surface area (Å²) in [6.07, 6.45) is 6.16. The highest BCUT2D eigenvalue weighted by atomic mass is 16.5. The van der Waals surface area contributed by atoms with E-state index in [0.29, 0.717) is 25.7 Å². The predicted octanol–water partition coefficient (Wildman–Crippen LogP) is 1.07. The molecule has 0 aromatic heterocycles. The molecule has 1 heterocycles. The smallest absolute Gasteiger partial charge is 0.0897 e. The van der Waals surface area contributed by atoms with Gasteiger partial charge in [0.05, 0.1) is 32.0 Å². The van der Waals surface area contributed by atoms with Crippen LogP contribution in [0, 0.1) is 5.92 Å². The van der Waals surface area contributed by atoms with E-state index >= 15 is 0 Å². The van der Waals surface area contributed by atoms with Crippen molar-refractivity contribution in [3.63, 3.8) is 0 Å². The van der Waals surface area contributed by atoms with Crippen LogP contribution in [0.15, 0.2) is 0 Å². The fourth-order valence-corrected chi connectivity index (χ4v) is 3.52. The van der Waals surface area contributed by atoms with Gasteiger partial charge >= 0.3 is 0 Å². The Balaban J connectivity index is 1.63. The Bertz CT molecular complexity index is 296. The van der Waals surface area contributed by atoms with Crippen molar-refractivity contribution in [2.75, 3.05) is 33.0 Å². The predicted molar refractivity (Wildman–Crippen MR) is 81.3 cm³/mol. The van der Waals surface area contributed by atoms with Crippen molar-refractivity contribution in [2.45, 2.75) is 63.2 Å². The molecule has 2 aliphatic rings. The fraction of sp³-hybridized carbons (Fsp3) is 1.00. The van der Waals surface area contributed by atoms with Gasteiger partial charge in [-0.25, -0.2) is 0 Å². The third-order valence-corrected chi connectivity index (χ3v) is 4.74. The third kappa shape index (κ3) is 5.49. The highest BCUT2D eigenvalue weighted by molar-refractivity contribution is 4.92. The maximum Gasteiger partial charge on any atom is 0.0897 e. The highest BCUT2D eigenvalue weighted by Gasteiger charge is 2.34. The van der Waals surface area contributed by atoms with Crippen molar-refractivity contribution in [2.24, 2.45) is 5.92 Å². The Labute approximate surface area is 128 Å². The van der Waals surface area contributed by atoms with Crippen LogP contribution < -0.4 is 5.32 Å². The lowest BCUT2D eigenvalue weighted by atomic mass is 9.77. The van der Waals surface area contributed by atoms with Crippen molar-refractivity contribution in [3.05, 3.63) is 0 Å². The first-order chi connectivity index (χ1) is 10.1. The second-order valence-corrected chi connectivity index (χ2v) is 6.85. The van der Waals surface area contributed by atoms with Gasteiger partial charge in [0, 0.05) is 18.7 Å². The van der Waals surface area contributed by atoms with Crippen LogP contribution in [-0.4, -0.2) is 60.9 Å². The Morgan fingerprint density at radius 2 is 2.24 bits per heavy atom. The molecule has 1 aliphatic heterocycles. The molecule has 4 unspecified atom stereocenters. The van der Waals surface area contributed by atoms with Gasteiger partial charge < -0.3 is 25.0 Å². The van der Waals surface area contributed by atoms with Crippen LogP contribution in [0.25, 0.3) is 0 Å². The SMILES string of the molecule is CC1CCCC(CO)(NCC(O)COCC2CCCO2)C1. The first-order valence-corrected chi connectivity index (χ1v) is 8.37. The molecule has 0 spiro atoms. The lowest BCUT2D eigenvalue weighted by Crippen LogP contribution is -2.54. The quantitative estimate of drug-likeness (QED) is 0.626. The van der Waals surface area contributed by atoms with Crippen LogP contribution in [0.1, 0.15) is 45.4 Å². The Morgan fingerprint density at radius 3 is 2.90 bits per heavy atom. The summed E-state index contributed by atoms with van der Waals surface area (Å²) in [5, 5.41) is 23.1. The molecule has 1 aliphatic carbocycles.